The number of carbonyl (C=O) groups excluding carboxylic acids is 1. The van der Waals surface area contributed by atoms with Crippen molar-refractivity contribution in [3.8, 4) is 0 Å². The highest BCUT2D eigenvalue weighted by Crippen LogP contribution is 2.20. The van der Waals surface area contributed by atoms with Crippen molar-refractivity contribution in [1.82, 2.24) is 0 Å². The Morgan fingerprint density at radius 2 is 1.47 bits per heavy atom. The molecule has 0 bridgehead atoms. The zero-order chi connectivity index (χ0) is 14.7. The molecule has 0 N–H and O–H groups in total. The lowest BCUT2D eigenvalue weighted by molar-refractivity contribution is 0.166. The first kappa shape index (κ1) is 16.4. The summed E-state index contributed by atoms with van der Waals surface area (Å²) in [5.41, 5.74) is 1.19. The monoisotopic (exact) mass is 309 g/mol. The van der Waals surface area contributed by atoms with E-state index in [0.29, 0.717) is 6.61 Å². The zero-order valence-electron chi connectivity index (χ0n) is 12.9. The Kier molecular flexibility index (Phi) is 5.35. The molecule has 0 amide bonds. The molecule has 0 saturated heterocycles. The van der Waals surface area contributed by atoms with Crippen LogP contribution in [-0.2, 0) is 11.3 Å². The van der Waals surface area contributed by atoms with Gasteiger partial charge in [0.05, 0.1) is 0 Å². The lowest BCUT2D eigenvalue weighted by Crippen LogP contribution is -2.63. The normalized spacial score (nSPS) is 12.1. The van der Waals surface area contributed by atoms with Crippen molar-refractivity contribution >= 4 is 28.6 Å². The van der Waals surface area contributed by atoms with Crippen molar-refractivity contribution in [2.45, 2.75) is 45.9 Å². The molecule has 1 rings (SSSR count). The van der Waals surface area contributed by atoms with Crippen LogP contribution in [0.5, 0.6) is 0 Å². The summed E-state index contributed by atoms with van der Waals surface area (Å²) in [4.78, 5) is 12.5. The van der Waals surface area contributed by atoms with Gasteiger partial charge >= 0.3 is 0 Å². The third kappa shape index (κ3) is 5.08. The minimum Gasteiger partial charge on any atom is -0.491 e. The Morgan fingerprint density at radius 1 is 1.00 bits per heavy atom. The van der Waals surface area contributed by atoms with Crippen LogP contribution in [0, 0.1) is 0 Å². The molecule has 0 aromatic heterocycles. The maximum absolute atomic E-state index is 12.5. The maximum atomic E-state index is 12.5. The molecule has 0 fully saturated rings. The highest BCUT2D eigenvalue weighted by molar-refractivity contribution is 7.68. The highest BCUT2D eigenvalue weighted by atomic mass is 29.6. The van der Waals surface area contributed by atoms with Crippen LogP contribution >= 0.6 is 0 Å². The first-order valence-electron chi connectivity index (χ1n) is 6.71. The van der Waals surface area contributed by atoms with E-state index >= 15 is 0 Å². The first-order chi connectivity index (χ1) is 8.62. The summed E-state index contributed by atoms with van der Waals surface area (Å²) in [6.45, 7) is 14.3. The summed E-state index contributed by atoms with van der Waals surface area (Å²) in [6.07, 6.45) is 0. The van der Waals surface area contributed by atoms with Crippen LogP contribution in [0.15, 0.2) is 30.3 Å². The van der Waals surface area contributed by atoms with Crippen LogP contribution < -0.4 is 0 Å². The fraction of sp³-hybridized carbons (Fsp3) is 0.500. The molecule has 1 aromatic rings. The fourth-order valence-electron chi connectivity index (χ4n) is 2.53. The number of hydrogen-bond donors (Lipinski definition) is 0. The topological polar surface area (TPSA) is 26.3 Å². The van der Waals surface area contributed by atoms with E-state index in [4.69, 9.17) is 4.74 Å². The molecule has 106 valence electrons. The molecule has 0 spiro atoms. The van der Waals surface area contributed by atoms with Crippen LogP contribution in [-0.4, -0.2) is 28.6 Å². The lowest BCUT2D eigenvalue weighted by Gasteiger charge is -2.49. The van der Waals surface area contributed by atoms with Gasteiger partial charge in [0.2, 0.25) is 0 Å². The van der Waals surface area contributed by atoms with Crippen molar-refractivity contribution in [2.75, 3.05) is 0 Å². The second-order valence-electron chi connectivity index (χ2n) is 6.94. The van der Waals surface area contributed by atoms with Gasteiger partial charge in [0.15, 0.2) is 0 Å². The largest absolute Gasteiger partial charge is 0.491 e. The number of carbonyl (C=O) groups is 1. The molecule has 0 aliphatic heterocycles. The smallest absolute Gasteiger partial charge is 0.133 e. The molecule has 0 saturated carbocycles. The van der Waals surface area contributed by atoms with Gasteiger partial charge in [-0.15, -0.1) is 0 Å². The third-order valence-electron chi connectivity index (χ3n) is 2.92. The molecule has 0 aliphatic rings. The molecular formula is C14H25O2Si3-. The van der Waals surface area contributed by atoms with Crippen LogP contribution in [0.25, 0.3) is 0 Å². The highest BCUT2D eigenvalue weighted by Gasteiger charge is 2.29. The van der Waals surface area contributed by atoms with Crippen LogP contribution in [0.4, 0.5) is 4.79 Å². The predicted octanol–water partition coefficient (Wildman–Crippen LogP) is 4.23. The van der Waals surface area contributed by atoms with E-state index in [1.807, 2.05) is 30.3 Å². The molecule has 0 aliphatic carbocycles. The van der Waals surface area contributed by atoms with Gasteiger partial charge in [0.25, 0.3) is 0 Å². The number of benzene rings is 1. The Hall–Kier alpha value is -0.659. The zero-order valence-corrected chi connectivity index (χ0v) is 15.9. The SMILES string of the molecule is C[Si](C)(C)[Si-](C(=O)OCc1ccccc1)[Si](C)(C)C. The van der Waals surface area contributed by atoms with Crippen LogP contribution in [0.3, 0.4) is 0 Å². The van der Waals surface area contributed by atoms with Crippen molar-refractivity contribution in [1.29, 1.82) is 0 Å². The summed E-state index contributed by atoms with van der Waals surface area (Å²) in [5, 5.41) is 0. The average Bonchev–Trinajstić information content (AvgIpc) is 2.24. The van der Waals surface area contributed by atoms with Crippen molar-refractivity contribution in [2.24, 2.45) is 0 Å². The van der Waals surface area contributed by atoms with Gasteiger partial charge in [0.1, 0.15) is 12.2 Å². The first-order valence-corrected chi connectivity index (χ1v) is 17.2. The minimum atomic E-state index is -1.43. The Labute approximate surface area is 120 Å². The van der Waals surface area contributed by atoms with E-state index < -0.39 is 23.0 Å². The molecule has 19 heavy (non-hydrogen) atoms. The van der Waals surface area contributed by atoms with Gasteiger partial charge in [-0.05, 0) is 5.56 Å². The molecule has 0 heterocycles. The van der Waals surface area contributed by atoms with Gasteiger partial charge < -0.3 is 4.74 Å². The molecular weight excluding hydrogens is 284 g/mol. The van der Waals surface area contributed by atoms with Crippen molar-refractivity contribution in [3.05, 3.63) is 35.9 Å². The van der Waals surface area contributed by atoms with E-state index in [-0.39, 0.29) is 5.59 Å². The summed E-state index contributed by atoms with van der Waals surface area (Å²) in [6, 6.07) is 9.94. The quantitative estimate of drug-likeness (QED) is 0.761. The molecule has 0 atom stereocenters. The van der Waals surface area contributed by atoms with E-state index in [9.17, 15) is 4.79 Å². The fourth-order valence-corrected chi connectivity index (χ4v) is 37.3. The summed E-state index contributed by atoms with van der Waals surface area (Å²) >= 11 is 0. The Bertz CT molecular complexity index is 405. The second kappa shape index (κ2) is 6.19. The van der Waals surface area contributed by atoms with Gasteiger partial charge in [-0.2, -0.15) is 7.83 Å². The minimum absolute atomic E-state index is 0.118. The number of hydrogen-bond acceptors (Lipinski definition) is 2. The molecule has 0 radical (unpaired) electrons. The lowest BCUT2D eigenvalue weighted by atomic mass is 10.2. The molecule has 0 unspecified atom stereocenters. The Morgan fingerprint density at radius 3 is 1.89 bits per heavy atom. The van der Waals surface area contributed by atoms with E-state index in [1.165, 1.54) is 0 Å². The van der Waals surface area contributed by atoms with Gasteiger partial charge in [-0.25, -0.2) is 0 Å². The third-order valence-corrected chi connectivity index (χ3v) is 30.2. The van der Waals surface area contributed by atoms with Crippen molar-refractivity contribution < 1.29 is 9.53 Å². The summed E-state index contributed by atoms with van der Waals surface area (Å²) in [5.74, 6) is 0. The predicted molar refractivity (Wildman–Crippen MR) is 89.1 cm³/mol. The van der Waals surface area contributed by atoms with Gasteiger partial charge in [-0.1, -0.05) is 84.8 Å². The van der Waals surface area contributed by atoms with E-state index in [1.54, 1.807) is 0 Å². The maximum Gasteiger partial charge on any atom is 0.133 e. The number of ether oxygens (including phenoxy) is 1. The Balaban J connectivity index is 2.74. The summed E-state index contributed by atoms with van der Waals surface area (Å²) < 4.78 is 5.62. The standard InChI is InChI=1S/C14H25O2Si3/c1-18(2,3)17(19(4,5)6)14(15)16-12-13-10-8-7-9-11-13/h7-11H,12H2,1-6H3/q-1. The van der Waals surface area contributed by atoms with Gasteiger partial charge in [0, 0.05) is 0 Å². The van der Waals surface area contributed by atoms with E-state index in [0.717, 1.165) is 5.56 Å². The van der Waals surface area contributed by atoms with E-state index in [2.05, 4.69) is 39.3 Å². The molecule has 2 nitrogen and oxygen atoms in total. The molecule has 1 aromatic carbocycles. The van der Waals surface area contributed by atoms with Crippen molar-refractivity contribution in [3.63, 3.8) is 0 Å². The number of rotatable bonds is 5. The summed E-state index contributed by atoms with van der Waals surface area (Å²) in [7, 11) is -3.87. The second-order valence-corrected chi connectivity index (χ2v) is 30.6. The van der Waals surface area contributed by atoms with Gasteiger partial charge in [-0.3, -0.25) is 4.79 Å². The average molecular weight is 310 g/mol. The van der Waals surface area contributed by atoms with Crippen LogP contribution in [0.1, 0.15) is 5.56 Å². The molecule has 5 heteroatoms. The van der Waals surface area contributed by atoms with Crippen LogP contribution in [0.2, 0.25) is 39.3 Å².